The van der Waals surface area contributed by atoms with E-state index < -0.39 is 18.1 Å². The fourth-order valence-corrected chi connectivity index (χ4v) is 5.73. The fraction of sp³-hybridized carbons (Fsp3) is 0.761. The Bertz CT molecular complexity index is 990. The van der Waals surface area contributed by atoms with Crippen molar-refractivity contribution in [2.75, 3.05) is 40.5 Å². The van der Waals surface area contributed by atoms with Crippen LogP contribution in [0.25, 0.3) is 0 Å². The van der Waals surface area contributed by atoms with Crippen LogP contribution in [0.1, 0.15) is 181 Å². The van der Waals surface area contributed by atoms with Gasteiger partial charge in [-0.25, -0.2) is 9.59 Å². The molecule has 0 aliphatic heterocycles. The molecule has 1 atom stereocenters. The first-order valence-electron chi connectivity index (χ1n) is 21.9. The van der Waals surface area contributed by atoms with Gasteiger partial charge in [-0.05, 0) is 97.6 Å². The molecule has 8 heteroatoms. The second-order valence-electron chi connectivity index (χ2n) is 14.7. The van der Waals surface area contributed by atoms with Crippen molar-refractivity contribution in [1.82, 2.24) is 10.2 Å². The molecule has 1 N–H and O–H groups in total. The molecule has 0 aromatic carbocycles. The second kappa shape index (κ2) is 41.3. The van der Waals surface area contributed by atoms with Gasteiger partial charge in [0, 0.05) is 13.0 Å². The molecule has 54 heavy (non-hydrogen) atoms. The Morgan fingerprint density at radius 2 is 0.944 bits per heavy atom. The molecule has 0 fully saturated rings. The van der Waals surface area contributed by atoms with E-state index in [9.17, 15) is 14.4 Å². The SMILES string of the molecule is CCCCC/C=C\C/C=C\CCCCCCCCOC(=O)CC[C@H](NC(=O)OCCN(C)C)C(=O)OCCCCCCCC/C=C\C/C=C\CCCCC. The molecule has 0 aromatic heterocycles. The van der Waals surface area contributed by atoms with Crippen LogP contribution in [0.2, 0.25) is 0 Å². The number of hydrogen-bond donors (Lipinski definition) is 1. The van der Waals surface area contributed by atoms with Gasteiger partial charge in [-0.1, -0.05) is 140 Å². The van der Waals surface area contributed by atoms with Crippen LogP contribution in [0.3, 0.4) is 0 Å². The van der Waals surface area contributed by atoms with E-state index in [0.717, 1.165) is 64.2 Å². The van der Waals surface area contributed by atoms with Crippen LogP contribution in [0.4, 0.5) is 4.79 Å². The van der Waals surface area contributed by atoms with E-state index in [0.29, 0.717) is 19.8 Å². The van der Waals surface area contributed by atoms with Crippen molar-refractivity contribution in [2.45, 2.75) is 187 Å². The Morgan fingerprint density at radius 3 is 1.41 bits per heavy atom. The maximum absolute atomic E-state index is 12.9. The average Bonchev–Trinajstić information content (AvgIpc) is 3.15. The Kier molecular flexibility index (Phi) is 39.1. The fourth-order valence-electron chi connectivity index (χ4n) is 5.73. The standard InChI is InChI=1S/C46H82N2O6/c1-5-7-9-11-13-15-17-19-21-23-25-27-29-31-33-35-40-52-44(49)38-37-43(47-46(51)54-42-39-48(3)4)45(50)53-41-36-34-32-30-28-26-24-22-20-18-16-14-12-10-8-6-2/h13-16,19-22,43H,5-12,17-18,23-42H2,1-4H3,(H,47,51)/b15-13-,16-14-,21-19-,22-20-/t43-/m0/s1. The van der Waals surface area contributed by atoms with Gasteiger partial charge in [-0.2, -0.15) is 0 Å². The van der Waals surface area contributed by atoms with E-state index >= 15 is 0 Å². The predicted molar refractivity (Wildman–Crippen MR) is 227 cm³/mol. The highest BCUT2D eigenvalue weighted by molar-refractivity contribution is 5.82. The number of carbonyl (C=O) groups is 3. The molecular weight excluding hydrogens is 677 g/mol. The Labute approximate surface area is 332 Å². The van der Waals surface area contributed by atoms with Crippen LogP contribution in [0.5, 0.6) is 0 Å². The number of unbranched alkanes of at least 4 members (excludes halogenated alkanes) is 18. The maximum Gasteiger partial charge on any atom is 0.407 e. The van der Waals surface area contributed by atoms with E-state index in [4.69, 9.17) is 14.2 Å². The summed E-state index contributed by atoms with van der Waals surface area (Å²) in [5.74, 6) is -0.914. The molecule has 8 nitrogen and oxygen atoms in total. The van der Waals surface area contributed by atoms with Crippen molar-refractivity contribution in [1.29, 1.82) is 0 Å². The number of nitrogens with one attached hydrogen (secondary N) is 1. The normalized spacial score (nSPS) is 12.5. The molecule has 0 unspecified atom stereocenters. The largest absolute Gasteiger partial charge is 0.466 e. The number of carbonyl (C=O) groups excluding carboxylic acids is 3. The van der Waals surface area contributed by atoms with Gasteiger partial charge in [0.1, 0.15) is 12.6 Å². The van der Waals surface area contributed by atoms with E-state index in [1.54, 1.807) is 0 Å². The lowest BCUT2D eigenvalue weighted by atomic mass is 10.1. The zero-order valence-electron chi connectivity index (χ0n) is 35.3. The smallest absolute Gasteiger partial charge is 0.407 e. The Hall–Kier alpha value is -2.87. The number of alkyl carbamates (subject to hydrolysis) is 1. The van der Waals surface area contributed by atoms with Gasteiger partial charge in [-0.3, -0.25) is 4.79 Å². The van der Waals surface area contributed by atoms with Gasteiger partial charge >= 0.3 is 18.0 Å². The van der Waals surface area contributed by atoms with E-state index in [2.05, 4.69) is 67.8 Å². The van der Waals surface area contributed by atoms with Crippen molar-refractivity contribution < 1.29 is 28.6 Å². The van der Waals surface area contributed by atoms with Gasteiger partial charge in [0.25, 0.3) is 0 Å². The molecule has 0 aliphatic carbocycles. The molecule has 0 saturated heterocycles. The van der Waals surface area contributed by atoms with E-state index in [1.807, 2.05) is 19.0 Å². The van der Waals surface area contributed by atoms with Crippen molar-refractivity contribution in [3.63, 3.8) is 0 Å². The highest BCUT2D eigenvalue weighted by Crippen LogP contribution is 2.11. The Balaban J connectivity index is 4.17. The van der Waals surface area contributed by atoms with E-state index in [-0.39, 0.29) is 25.4 Å². The highest BCUT2D eigenvalue weighted by Gasteiger charge is 2.24. The summed E-state index contributed by atoms with van der Waals surface area (Å²) in [6.07, 6.45) is 45.2. The summed E-state index contributed by atoms with van der Waals surface area (Å²) in [5.41, 5.74) is 0. The van der Waals surface area contributed by atoms with Crippen molar-refractivity contribution in [3.8, 4) is 0 Å². The average molecular weight is 759 g/mol. The van der Waals surface area contributed by atoms with Gasteiger partial charge in [0.05, 0.1) is 13.2 Å². The summed E-state index contributed by atoms with van der Waals surface area (Å²) in [6.45, 7) is 5.90. The molecule has 0 saturated carbocycles. The molecular formula is C46H82N2O6. The van der Waals surface area contributed by atoms with Gasteiger partial charge in [-0.15, -0.1) is 0 Å². The minimum atomic E-state index is -0.962. The molecule has 0 radical (unpaired) electrons. The first kappa shape index (κ1) is 51.1. The third-order valence-electron chi connectivity index (χ3n) is 9.18. The summed E-state index contributed by atoms with van der Waals surface area (Å²) in [5, 5.41) is 2.60. The van der Waals surface area contributed by atoms with Crippen LogP contribution in [-0.4, -0.2) is 69.4 Å². The molecule has 0 rings (SSSR count). The second-order valence-corrected chi connectivity index (χ2v) is 14.7. The zero-order chi connectivity index (χ0) is 39.6. The molecule has 0 heterocycles. The summed E-state index contributed by atoms with van der Waals surface area (Å²) in [4.78, 5) is 39.6. The van der Waals surface area contributed by atoms with Gasteiger partial charge < -0.3 is 24.4 Å². The van der Waals surface area contributed by atoms with Crippen molar-refractivity contribution in [3.05, 3.63) is 48.6 Å². The first-order valence-corrected chi connectivity index (χ1v) is 21.9. The number of ether oxygens (including phenoxy) is 3. The third-order valence-corrected chi connectivity index (χ3v) is 9.18. The first-order chi connectivity index (χ1) is 26.4. The summed E-state index contributed by atoms with van der Waals surface area (Å²) >= 11 is 0. The minimum Gasteiger partial charge on any atom is -0.466 e. The molecule has 0 bridgehead atoms. The van der Waals surface area contributed by atoms with Crippen molar-refractivity contribution in [2.24, 2.45) is 0 Å². The lowest BCUT2D eigenvalue weighted by Gasteiger charge is -2.18. The van der Waals surface area contributed by atoms with Crippen LogP contribution < -0.4 is 5.32 Å². The summed E-state index contributed by atoms with van der Waals surface area (Å²) in [6, 6.07) is -0.962. The number of rotatable bonds is 38. The third kappa shape index (κ3) is 38.8. The van der Waals surface area contributed by atoms with Crippen LogP contribution in [0.15, 0.2) is 48.6 Å². The number of allylic oxidation sites excluding steroid dienone is 8. The molecule has 1 amide bonds. The number of hydrogen-bond acceptors (Lipinski definition) is 7. The number of likely N-dealkylation sites (N-methyl/N-ethyl adjacent to an activating group) is 1. The number of esters is 2. The van der Waals surface area contributed by atoms with Crippen LogP contribution in [-0.2, 0) is 23.8 Å². The summed E-state index contributed by atoms with van der Waals surface area (Å²) in [7, 11) is 3.77. The van der Waals surface area contributed by atoms with Gasteiger partial charge in [0.15, 0.2) is 0 Å². The highest BCUT2D eigenvalue weighted by atomic mass is 16.6. The minimum absolute atomic E-state index is 0.0187. The lowest BCUT2D eigenvalue weighted by molar-refractivity contribution is -0.147. The van der Waals surface area contributed by atoms with Crippen LogP contribution >= 0.6 is 0 Å². The quantitative estimate of drug-likeness (QED) is 0.0290. The van der Waals surface area contributed by atoms with Crippen molar-refractivity contribution >= 4 is 18.0 Å². The molecule has 0 aromatic rings. The lowest BCUT2D eigenvalue weighted by Crippen LogP contribution is -2.43. The Morgan fingerprint density at radius 1 is 0.519 bits per heavy atom. The van der Waals surface area contributed by atoms with Crippen LogP contribution in [0, 0.1) is 0 Å². The summed E-state index contributed by atoms with van der Waals surface area (Å²) < 4.78 is 16.1. The number of amides is 1. The zero-order valence-corrected chi connectivity index (χ0v) is 35.3. The number of nitrogens with zero attached hydrogens (tertiary/aromatic N) is 1. The topological polar surface area (TPSA) is 94.2 Å². The monoisotopic (exact) mass is 759 g/mol. The molecule has 312 valence electrons. The maximum atomic E-state index is 12.9. The molecule has 0 aliphatic rings. The molecule has 0 spiro atoms. The van der Waals surface area contributed by atoms with Gasteiger partial charge in [0.2, 0.25) is 0 Å². The predicted octanol–water partition coefficient (Wildman–Crippen LogP) is 12.1. The van der Waals surface area contributed by atoms with E-state index in [1.165, 1.54) is 89.9 Å².